The summed E-state index contributed by atoms with van der Waals surface area (Å²) in [4.78, 5) is 24.1. The Bertz CT molecular complexity index is 635. The van der Waals surface area contributed by atoms with Gasteiger partial charge in [-0.05, 0) is 48.4 Å². The lowest BCUT2D eigenvalue weighted by molar-refractivity contribution is -0.141. The van der Waals surface area contributed by atoms with Crippen LogP contribution in [0.5, 0.6) is 0 Å². The molecule has 122 valence electrons. The van der Waals surface area contributed by atoms with Crippen LogP contribution in [-0.4, -0.2) is 17.0 Å². The number of nitrogens with one attached hydrogen (secondary N) is 1. The van der Waals surface area contributed by atoms with Gasteiger partial charge in [-0.15, -0.1) is 11.3 Å². The molecule has 2 N–H and O–H groups in total. The Labute approximate surface area is 140 Å². The molecule has 0 saturated heterocycles. The van der Waals surface area contributed by atoms with E-state index in [9.17, 15) is 9.59 Å². The SMILES string of the molecule is CC(Cc1ccc(NC(=O)CCCc2cccs2)cc1)C(=O)O. The molecule has 23 heavy (non-hydrogen) atoms. The molecule has 0 saturated carbocycles. The Morgan fingerprint density at radius 2 is 1.96 bits per heavy atom. The highest BCUT2D eigenvalue weighted by Gasteiger charge is 2.11. The zero-order chi connectivity index (χ0) is 16.7. The van der Waals surface area contributed by atoms with Crippen LogP contribution in [0.1, 0.15) is 30.2 Å². The first-order valence-electron chi connectivity index (χ1n) is 7.68. The molecule has 1 heterocycles. The lowest BCUT2D eigenvalue weighted by atomic mass is 10.0. The molecule has 0 aliphatic carbocycles. The molecule has 0 spiro atoms. The molecule has 1 aromatic heterocycles. The van der Waals surface area contributed by atoms with E-state index in [2.05, 4.69) is 11.4 Å². The van der Waals surface area contributed by atoms with Gasteiger partial charge in [-0.25, -0.2) is 0 Å². The van der Waals surface area contributed by atoms with Gasteiger partial charge in [-0.3, -0.25) is 9.59 Å². The molecule has 0 fully saturated rings. The van der Waals surface area contributed by atoms with Crippen LogP contribution in [0.2, 0.25) is 0 Å². The van der Waals surface area contributed by atoms with Crippen LogP contribution < -0.4 is 5.32 Å². The van der Waals surface area contributed by atoms with Crippen molar-refractivity contribution in [2.45, 2.75) is 32.6 Å². The zero-order valence-corrected chi connectivity index (χ0v) is 13.9. The minimum Gasteiger partial charge on any atom is -0.481 e. The zero-order valence-electron chi connectivity index (χ0n) is 13.1. The highest BCUT2D eigenvalue weighted by Crippen LogP contribution is 2.15. The number of benzene rings is 1. The summed E-state index contributed by atoms with van der Waals surface area (Å²) in [6.07, 6.45) is 2.75. The first kappa shape index (κ1) is 17.2. The first-order valence-corrected chi connectivity index (χ1v) is 8.56. The highest BCUT2D eigenvalue weighted by atomic mass is 32.1. The third-order valence-corrected chi connectivity index (χ3v) is 4.54. The van der Waals surface area contributed by atoms with Gasteiger partial charge in [-0.1, -0.05) is 25.1 Å². The van der Waals surface area contributed by atoms with E-state index >= 15 is 0 Å². The smallest absolute Gasteiger partial charge is 0.306 e. The maximum absolute atomic E-state index is 11.9. The van der Waals surface area contributed by atoms with E-state index in [0.29, 0.717) is 12.8 Å². The number of carboxylic acids is 1. The average Bonchev–Trinajstić information content (AvgIpc) is 3.02. The lowest BCUT2D eigenvalue weighted by Crippen LogP contribution is -2.13. The monoisotopic (exact) mass is 331 g/mol. The Morgan fingerprint density at radius 3 is 2.57 bits per heavy atom. The van der Waals surface area contributed by atoms with E-state index < -0.39 is 11.9 Å². The summed E-state index contributed by atoms with van der Waals surface area (Å²) in [6.45, 7) is 1.69. The van der Waals surface area contributed by atoms with Gasteiger partial charge in [0.15, 0.2) is 0 Å². The van der Waals surface area contributed by atoms with Crippen molar-refractivity contribution in [2.24, 2.45) is 5.92 Å². The van der Waals surface area contributed by atoms with Gasteiger partial charge < -0.3 is 10.4 Å². The molecular weight excluding hydrogens is 310 g/mol. The molecule has 0 aliphatic rings. The van der Waals surface area contributed by atoms with Crippen molar-refractivity contribution in [1.29, 1.82) is 0 Å². The fourth-order valence-electron chi connectivity index (χ4n) is 2.27. The number of hydrogen-bond donors (Lipinski definition) is 2. The van der Waals surface area contributed by atoms with Gasteiger partial charge in [0.2, 0.25) is 5.91 Å². The molecule has 5 heteroatoms. The summed E-state index contributed by atoms with van der Waals surface area (Å²) < 4.78 is 0. The predicted octanol–water partition coefficient (Wildman–Crippen LogP) is 3.97. The Kier molecular flexibility index (Phi) is 6.35. The molecule has 0 bridgehead atoms. The molecule has 1 atom stereocenters. The maximum Gasteiger partial charge on any atom is 0.306 e. The number of aryl methyl sites for hydroxylation is 1. The van der Waals surface area contributed by atoms with Crippen LogP contribution in [0.4, 0.5) is 5.69 Å². The molecular formula is C18H21NO3S. The van der Waals surface area contributed by atoms with Crippen LogP contribution in [0.15, 0.2) is 41.8 Å². The van der Waals surface area contributed by atoms with Crippen molar-refractivity contribution in [2.75, 3.05) is 5.32 Å². The third-order valence-electron chi connectivity index (χ3n) is 3.61. The Balaban J connectivity index is 1.76. The topological polar surface area (TPSA) is 66.4 Å². The summed E-state index contributed by atoms with van der Waals surface area (Å²) in [5.74, 6) is -1.20. The minimum atomic E-state index is -0.798. The summed E-state index contributed by atoms with van der Waals surface area (Å²) in [7, 11) is 0. The summed E-state index contributed by atoms with van der Waals surface area (Å²) in [5, 5.41) is 13.8. The number of carboxylic acid groups (broad SMARTS) is 1. The van der Waals surface area contributed by atoms with Gasteiger partial charge in [0.05, 0.1) is 5.92 Å². The largest absolute Gasteiger partial charge is 0.481 e. The molecule has 0 radical (unpaired) electrons. The number of carbonyl (C=O) groups is 2. The van der Waals surface area contributed by atoms with Crippen molar-refractivity contribution < 1.29 is 14.7 Å². The number of rotatable bonds is 8. The number of hydrogen-bond acceptors (Lipinski definition) is 3. The second-order valence-electron chi connectivity index (χ2n) is 5.62. The van der Waals surface area contributed by atoms with Crippen LogP contribution in [0.3, 0.4) is 0 Å². The van der Waals surface area contributed by atoms with Gasteiger partial charge in [0.25, 0.3) is 0 Å². The molecule has 1 aromatic carbocycles. The van der Waals surface area contributed by atoms with Crippen molar-refractivity contribution in [1.82, 2.24) is 0 Å². The van der Waals surface area contributed by atoms with E-state index in [4.69, 9.17) is 5.11 Å². The van der Waals surface area contributed by atoms with Crippen molar-refractivity contribution >= 4 is 28.9 Å². The van der Waals surface area contributed by atoms with Crippen molar-refractivity contribution in [3.05, 3.63) is 52.2 Å². The van der Waals surface area contributed by atoms with E-state index in [1.165, 1.54) is 4.88 Å². The Morgan fingerprint density at radius 1 is 1.22 bits per heavy atom. The van der Waals surface area contributed by atoms with Crippen LogP contribution in [0.25, 0.3) is 0 Å². The van der Waals surface area contributed by atoms with Gasteiger partial charge in [0, 0.05) is 17.0 Å². The quantitative estimate of drug-likeness (QED) is 0.769. The second kappa shape index (κ2) is 8.48. The maximum atomic E-state index is 11.9. The molecule has 0 aliphatic heterocycles. The standard InChI is InChI=1S/C18H21NO3S/c1-13(18(21)22)12-14-7-9-15(10-8-14)19-17(20)6-2-4-16-5-3-11-23-16/h3,5,7-11,13H,2,4,6,12H2,1H3,(H,19,20)(H,21,22). The number of aliphatic carboxylic acids is 1. The van der Waals surface area contributed by atoms with E-state index in [-0.39, 0.29) is 5.91 Å². The number of anilines is 1. The summed E-state index contributed by atoms with van der Waals surface area (Å²) >= 11 is 1.71. The van der Waals surface area contributed by atoms with Crippen LogP contribution in [-0.2, 0) is 22.4 Å². The molecule has 1 amide bonds. The average molecular weight is 331 g/mol. The number of thiophene rings is 1. The molecule has 2 aromatic rings. The molecule has 1 unspecified atom stereocenters. The summed E-state index contributed by atoms with van der Waals surface area (Å²) in [5.41, 5.74) is 1.70. The van der Waals surface area contributed by atoms with E-state index in [1.807, 2.05) is 35.7 Å². The van der Waals surface area contributed by atoms with Gasteiger partial charge in [-0.2, -0.15) is 0 Å². The van der Waals surface area contributed by atoms with Crippen molar-refractivity contribution in [3.63, 3.8) is 0 Å². The fourth-order valence-corrected chi connectivity index (χ4v) is 3.02. The highest BCUT2D eigenvalue weighted by molar-refractivity contribution is 7.09. The number of carbonyl (C=O) groups excluding carboxylic acids is 1. The first-order chi connectivity index (χ1) is 11.0. The minimum absolute atomic E-state index is 0.00760. The van der Waals surface area contributed by atoms with E-state index in [1.54, 1.807) is 18.3 Å². The summed E-state index contributed by atoms with van der Waals surface area (Å²) in [6, 6.07) is 11.5. The van der Waals surface area contributed by atoms with E-state index in [0.717, 1.165) is 24.1 Å². The predicted molar refractivity (Wildman–Crippen MR) is 92.8 cm³/mol. The molecule has 4 nitrogen and oxygen atoms in total. The van der Waals surface area contributed by atoms with Crippen LogP contribution in [0, 0.1) is 5.92 Å². The molecule has 2 rings (SSSR count). The fraction of sp³-hybridized carbons (Fsp3) is 0.333. The van der Waals surface area contributed by atoms with Gasteiger partial charge in [0.1, 0.15) is 0 Å². The number of amides is 1. The van der Waals surface area contributed by atoms with Gasteiger partial charge >= 0.3 is 5.97 Å². The third kappa shape index (κ3) is 5.87. The Hall–Kier alpha value is -2.14. The lowest BCUT2D eigenvalue weighted by Gasteiger charge is -2.08. The second-order valence-corrected chi connectivity index (χ2v) is 6.65. The van der Waals surface area contributed by atoms with Crippen LogP contribution >= 0.6 is 11.3 Å². The van der Waals surface area contributed by atoms with Crippen molar-refractivity contribution in [3.8, 4) is 0 Å². The normalized spacial score (nSPS) is 11.9.